The Morgan fingerprint density at radius 1 is 1.29 bits per heavy atom. The second-order valence-electron chi connectivity index (χ2n) is 3.44. The van der Waals surface area contributed by atoms with Gasteiger partial charge < -0.3 is 0 Å². The Hall–Kier alpha value is -0.910. The van der Waals surface area contributed by atoms with Gasteiger partial charge >= 0.3 is 0 Å². The molecule has 0 N–H and O–H groups in total. The molecule has 5 nitrogen and oxygen atoms in total. The zero-order chi connectivity index (χ0) is 12.6. The van der Waals surface area contributed by atoms with Gasteiger partial charge in [-0.3, -0.25) is 14.5 Å². The smallest absolute Gasteiger partial charge is 0.235 e. The molecule has 1 fully saturated rings. The molecule has 0 aromatic carbocycles. The number of halogens is 3. The van der Waals surface area contributed by atoms with E-state index in [1.165, 1.54) is 4.90 Å². The molecular formula is C9H6Cl3N3O2. The first-order valence-electron chi connectivity index (χ1n) is 4.65. The maximum atomic E-state index is 11.6. The van der Waals surface area contributed by atoms with Crippen molar-refractivity contribution in [3.63, 3.8) is 0 Å². The van der Waals surface area contributed by atoms with Crippen LogP contribution in [0.15, 0.2) is 0 Å². The van der Waals surface area contributed by atoms with Crippen LogP contribution in [0.25, 0.3) is 0 Å². The van der Waals surface area contributed by atoms with Crippen LogP contribution >= 0.6 is 34.8 Å². The fourth-order valence-electron chi connectivity index (χ4n) is 1.48. The minimum absolute atomic E-state index is 0.00570. The Morgan fingerprint density at radius 3 is 2.29 bits per heavy atom. The average molecular weight is 295 g/mol. The lowest BCUT2D eigenvalue weighted by Gasteiger charge is -2.14. The molecule has 1 atom stereocenters. The van der Waals surface area contributed by atoms with Crippen LogP contribution in [0.3, 0.4) is 0 Å². The summed E-state index contributed by atoms with van der Waals surface area (Å²) in [6.07, 6.45) is 0.681. The molecule has 1 aromatic rings. The van der Waals surface area contributed by atoms with Crippen molar-refractivity contribution in [2.24, 2.45) is 0 Å². The molecule has 17 heavy (non-hydrogen) atoms. The minimum Gasteiger partial charge on any atom is -0.298 e. The van der Waals surface area contributed by atoms with Crippen molar-refractivity contribution >= 4 is 52.9 Å². The van der Waals surface area contributed by atoms with Crippen LogP contribution in [0.4, 0.5) is 5.95 Å². The number of nitrogens with zero attached hydrogens (tertiary/aromatic N) is 3. The highest BCUT2D eigenvalue weighted by Crippen LogP contribution is 2.26. The quantitative estimate of drug-likeness (QED) is 0.475. The molecule has 1 saturated heterocycles. The average Bonchev–Trinajstić information content (AvgIpc) is 2.57. The van der Waals surface area contributed by atoms with Crippen molar-refractivity contribution in [1.29, 1.82) is 0 Å². The molecule has 1 unspecified atom stereocenters. The van der Waals surface area contributed by atoms with Crippen molar-refractivity contribution in [2.45, 2.75) is 11.8 Å². The van der Waals surface area contributed by atoms with Gasteiger partial charge in [0.15, 0.2) is 6.29 Å². The number of hydrogen-bond donors (Lipinski definition) is 0. The summed E-state index contributed by atoms with van der Waals surface area (Å²) < 4.78 is 0. The summed E-state index contributed by atoms with van der Waals surface area (Å²) in [6.45, 7) is 0.299. The molecular weight excluding hydrogens is 288 g/mol. The Balaban J connectivity index is 2.41. The highest BCUT2D eigenvalue weighted by molar-refractivity contribution is 6.37. The van der Waals surface area contributed by atoms with Crippen LogP contribution in [0.5, 0.6) is 0 Å². The van der Waals surface area contributed by atoms with Gasteiger partial charge in [0.05, 0.1) is 10.9 Å². The van der Waals surface area contributed by atoms with E-state index in [1.54, 1.807) is 0 Å². The van der Waals surface area contributed by atoms with Gasteiger partial charge in [-0.2, -0.15) is 9.97 Å². The molecule has 8 heteroatoms. The van der Waals surface area contributed by atoms with E-state index in [9.17, 15) is 9.59 Å². The number of carbonyl (C=O) groups is 2. The van der Waals surface area contributed by atoms with Crippen LogP contribution in [0.1, 0.15) is 16.8 Å². The third kappa shape index (κ3) is 2.36. The lowest BCUT2D eigenvalue weighted by atomic mass is 10.4. The van der Waals surface area contributed by atoms with Crippen LogP contribution < -0.4 is 4.90 Å². The number of rotatable bonds is 2. The first-order valence-corrected chi connectivity index (χ1v) is 5.84. The molecule has 0 saturated carbocycles. The van der Waals surface area contributed by atoms with E-state index in [2.05, 4.69) is 9.97 Å². The van der Waals surface area contributed by atoms with Gasteiger partial charge in [-0.1, -0.05) is 23.2 Å². The van der Waals surface area contributed by atoms with Crippen molar-refractivity contribution in [2.75, 3.05) is 11.4 Å². The van der Waals surface area contributed by atoms with Gasteiger partial charge in [-0.15, -0.1) is 11.6 Å². The fourth-order valence-corrected chi connectivity index (χ4v) is 2.22. The topological polar surface area (TPSA) is 63.2 Å². The summed E-state index contributed by atoms with van der Waals surface area (Å²) >= 11 is 17.4. The molecule has 2 rings (SSSR count). The number of aldehydes is 1. The Labute approximate surface area is 112 Å². The monoisotopic (exact) mass is 293 g/mol. The molecule has 0 aliphatic carbocycles. The summed E-state index contributed by atoms with van der Waals surface area (Å²) in [4.78, 5) is 31.2. The summed E-state index contributed by atoms with van der Waals surface area (Å²) in [7, 11) is 0. The second kappa shape index (κ2) is 4.76. The Kier molecular flexibility index (Phi) is 3.51. The molecule has 0 spiro atoms. The molecule has 90 valence electrons. The predicted octanol–water partition coefficient (Wildman–Crippen LogP) is 1.94. The van der Waals surface area contributed by atoms with Gasteiger partial charge in [0.2, 0.25) is 11.9 Å². The molecule has 1 amide bonds. The van der Waals surface area contributed by atoms with E-state index in [0.717, 1.165) is 0 Å². The molecule has 1 aliphatic heterocycles. The van der Waals surface area contributed by atoms with Gasteiger partial charge in [-0.05, 0) is 0 Å². The summed E-state index contributed by atoms with van der Waals surface area (Å²) in [5.41, 5.74) is 0.00570. The number of amides is 1. The van der Waals surface area contributed by atoms with Crippen molar-refractivity contribution in [3.8, 4) is 0 Å². The Bertz CT molecular complexity index is 471. The highest BCUT2D eigenvalue weighted by atomic mass is 35.5. The fraction of sp³-hybridized carbons (Fsp3) is 0.333. The zero-order valence-corrected chi connectivity index (χ0v) is 10.6. The standard InChI is InChI=1S/C9H6Cl3N3O2/c10-4-1-6(17)15(2-4)9-13-7(11)5(3-16)8(12)14-9/h3-4H,1-2H2. The number of carbonyl (C=O) groups excluding carboxylic acids is 2. The molecule has 1 aliphatic rings. The minimum atomic E-state index is -0.283. The SMILES string of the molecule is O=Cc1c(Cl)nc(N2CC(Cl)CC2=O)nc1Cl. The van der Waals surface area contributed by atoms with E-state index in [1.807, 2.05) is 0 Å². The summed E-state index contributed by atoms with van der Waals surface area (Å²) in [6, 6.07) is 0. The predicted molar refractivity (Wildman–Crippen MR) is 64.1 cm³/mol. The van der Waals surface area contributed by atoms with E-state index >= 15 is 0 Å². The zero-order valence-electron chi connectivity index (χ0n) is 8.36. The number of hydrogen-bond acceptors (Lipinski definition) is 4. The van der Waals surface area contributed by atoms with Crippen LogP contribution in [0, 0.1) is 0 Å². The molecule has 2 heterocycles. The van der Waals surface area contributed by atoms with Crippen molar-refractivity contribution in [1.82, 2.24) is 9.97 Å². The Morgan fingerprint density at radius 2 is 1.88 bits per heavy atom. The van der Waals surface area contributed by atoms with Crippen LogP contribution in [0.2, 0.25) is 10.3 Å². The number of alkyl halides is 1. The molecule has 1 aromatic heterocycles. The number of aromatic nitrogens is 2. The largest absolute Gasteiger partial charge is 0.298 e. The van der Waals surface area contributed by atoms with Gasteiger partial charge in [-0.25, -0.2) is 0 Å². The lowest BCUT2D eigenvalue weighted by Crippen LogP contribution is -2.27. The van der Waals surface area contributed by atoms with Gasteiger partial charge in [0, 0.05) is 13.0 Å². The van der Waals surface area contributed by atoms with E-state index in [0.29, 0.717) is 12.8 Å². The van der Waals surface area contributed by atoms with Crippen LogP contribution in [-0.2, 0) is 4.79 Å². The molecule has 0 radical (unpaired) electrons. The normalized spacial score (nSPS) is 19.8. The number of anilines is 1. The third-order valence-electron chi connectivity index (χ3n) is 2.28. The van der Waals surface area contributed by atoms with Gasteiger partial charge in [0.25, 0.3) is 0 Å². The van der Waals surface area contributed by atoms with Crippen molar-refractivity contribution < 1.29 is 9.59 Å². The summed E-state index contributed by atoms with van der Waals surface area (Å²) in [5.74, 6) is -0.130. The van der Waals surface area contributed by atoms with E-state index in [-0.39, 0.29) is 39.5 Å². The lowest BCUT2D eigenvalue weighted by molar-refractivity contribution is -0.117. The first kappa shape index (κ1) is 12.5. The third-order valence-corrected chi connectivity index (χ3v) is 3.15. The second-order valence-corrected chi connectivity index (χ2v) is 4.78. The highest BCUT2D eigenvalue weighted by Gasteiger charge is 2.31. The maximum Gasteiger partial charge on any atom is 0.235 e. The van der Waals surface area contributed by atoms with Crippen molar-refractivity contribution in [3.05, 3.63) is 15.9 Å². The van der Waals surface area contributed by atoms with E-state index < -0.39 is 0 Å². The maximum absolute atomic E-state index is 11.6. The van der Waals surface area contributed by atoms with E-state index in [4.69, 9.17) is 34.8 Å². The van der Waals surface area contributed by atoms with Gasteiger partial charge in [0.1, 0.15) is 10.3 Å². The molecule has 0 bridgehead atoms. The first-order chi connectivity index (χ1) is 8.02. The summed E-state index contributed by atoms with van der Waals surface area (Å²) in [5, 5.41) is -0.448. The van der Waals surface area contributed by atoms with Crippen LogP contribution in [-0.4, -0.2) is 34.1 Å².